The normalized spacial score (nSPS) is 15.1. The van der Waals surface area contributed by atoms with Crippen LogP contribution in [0.2, 0.25) is 0 Å². The molecule has 0 heterocycles. The standard InChI is InChI=1S/C10H23N3O/c1-8(2)5-6-13(4)7-9(3)10(11)12-14/h8-9,14H,5-7H2,1-4H3,(H2,11,12). The largest absolute Gasteiger partial charge is 0.409 e. The summed E-state index contributed by atoms with van der Waals surface area (Å²) in [7, 11) is 2.06. The van der Waals surface area contributed by atoms with Crippen molar-refractivity contribution < 1.29 is 5.21 Å². The lowest BCUT2D eigenvalue weighted by atomic mass is 10.1. The zero-order valence-electron chi connectivity index (χ0n) is 9.70. The molecule has 0 aromatic carbocycles. The lowest BCUT2D eigenvalue weighted by Gasteiger charge is -2.21. The third kappa shape index (κ3) is 5.80. The smallest absolute Gasteiger partial charge is 0.143 e. The maximum Gasteiger partial charge on any atom is 0.143 e. The van der Waals surface area contributed by atoms with E-state index in [9.17, 15) is 0 Å². The maximum atomic E-state index is 8.48. The van der Waals surface area contributed by atoms with Gasteiger partial charge in [-0.05, 0) is 25.9 Å². The molecule has 4 heteroatoms. The van der Waals surface area contributed by atoms with E-state index >= 15 is 0 Å². The zero-order chi connectivity index (χ0) is 11.1. The topological polar surface area (TPSA) is 61.8 Å². The first-order chi connectivity index (χ1) is 6.47. The highest BCUT2D eigenvalue weighted by atomic mass is 16.4. The van der Waals surface area contributed by atoms with Gasteiger partial charge in [0.15, 0.2) is 0 Å². The van der Waals surface area contributed by atoms with Crippen LogP contribution in [-0.4, -0.2) is 36.1 Å². The SMILES string of the molecule is CC(C)CCN(C)CC(C)C(N)=NO. The van der Waals surface area contributed by atoms with Gasteiger partial charge in [-0.2, -0.15) is 0 Å². The summed E-state index contributed by atoms with van der Waals surface area (Å²) in [5.41, 5.74) is 5.49. The summed E-state index contributed by atoms with van der Waals surface area (Å²) in [5.74, 6) is 1.13. The van der Waals surface area contributed by atoms with Gasteiger partial charge in [-0.3, -0.25) is 0 Å². The summed E-state index contributed by atoms with van der Waals surface area (Å²) >= 11 is 0. The molecule has 0 amide bonds. The van der Waals surface area contributed by atoms with E-state index in [1.54, 1.807) is 0 Å². The minimum absolute atomic E-state index is 0.108. The number of nitrogens with two attached hydrogens (primary N) is 1. The van der Waals surface area contributed by atoms with Crippen molar-refractivity contribution in [3.8, 4) is 0 Å². The summed E-state index contributed by atoms with van der Waals surface area (Å²) in [5, 5.41) is 11.5. The van der Waals surface area contributed by atoms with E-state index < -0.39 is 0 Å². The predicted molar refractivity (Wildman–Crippen MR) is 59.5 cm³/mol. The third-order valence-corrected chi connectivity index (χ3v) is 2.29. The Morgan fingerprint density at radius 1 is 1.43 bits per heavy atom. The molecular weight excluding hydrogens is 178 g/mol. The Bertz CT molecular complexity index is 180. The Labute approximate surface area is 86.8 Å². The van der Waals surface area contributed by atoms with Gasteiger partial charge in [-0.15, -0.1) is 0 Å². The first-order valence-electron chi connectivity index (χ1n) is 5.13. The van der Waals surface area contributed by atoms with Crippen molar-refractivity contribution >= 4 is 5.84 Å². The summed E-state index contributed by atoms with van der Waals surface area (Å²) < 4.78 is 0. The summed E-state index contributed by atoms with van der Waals surface area (Å²) in [6, 6.07) is 0. The number of hydrogen-bond acceptors (Lipinski definition) is 3. The molecule has 0 aromatic heterocycles. The van der Waals surface area contributed by atoms with Gasteiger partial charge >= 0.3 is 0 Å². The van der Waals surface area contributed by atoms with Crippen molar-refractivity contribution in [2.75, 3.05) is 20.1 Å². The van der Waals surface area contributed by atoms with E-state index in [0.717, 1.165) is 19.0 Å². The summed E-state index contributed by atoms with van der Waals surface area (Å²) in [6.07, 6.45) is 1.18. The van der Waals surface area contributed by atoms with E-state index in [1.807, 2.05) is 6.92 Å². The average Bonchev–Trinajstić information content (AvgIpc) is 2.13. The van der Waals surface area contributed by atoms with E-state index in [2.05, 4.69) is 31.0 Å². The van der Waals surface area contributed by atoms with E-state index in [1.165, 1.54) is 6.42 Å². The molecule has 0 aliphatic heterocycles. The van der Waals surface area contributed by atoms with Gasteiger partial charge in [0.25, 0.3) is 0 Å². The van der Waals surface area contributed by atoms with E-state index in [4.69, 9.17) is 10.9 Å². The molecule has 0 rings (SSSR count). The molecule has 0 spiro atoms. The van der Waals surface area contributed by atoms with Crippen molar-refractivity contribution in [1.82, 2.24) is 4.90 Å². The van der Waals surface area contributed by atoms with Crippen LogP contribution in [0.1, 0.15) is 27.2 Å². The van der Waals surface area contributed by atoms with Crippen molar-refractivity contribution in [2.24, 2.45) is 22.7 Å². The Morgan fingerprint density at radius 3 is 2.43 bits per heavy atom. The van der Waals surface area contributed by atoms with Crippen LogP contribution in [0.4, 0.5) is 0 Å². The second kappa shape index (κ2) is 6.65. The molecule has 84 valence electrons. The lowest BCUT2D eigenvalue weighted by Crippen LogP contribution is -2.33. The molecule has 0 aliphatic rings. The van der Waals surface area contributed by atoms with Crippen LogP contribution in [0.15, 0.2) is 5.16 Å². The molecule has 1 unspecified atom stereocenters. The quantitative estimate of drug-likeness (QED) is 0.295. The molecule has 0 bridgehead atoms. The Morgan fingerprint density at radius 2 is 2.00 bits per heavy atom. The second-order valence-electron chi connectivity index (χ2n) is 4.37. The van der Waals surface area contributed by atoms with Gasteiger partial charge < -0.3 is 15.8 Å². The molecular formula is C10H23N3O. The van der Waals surface area contributed by atoms with Gasteiger partial charge in [0.05, 0.1) is 0 Å². The number of nitrogens with zero attached hydrogens (tertiary/aromatic N) is 2. The fraction of sp³-hybridized carbons (Fsp3) is 0.900. The Balaban J connectivity index is 3.76. The van der Waals surface area contributed by atoms with Crippen LogP contribution in [0.3, 0.4) is 0 Å². The van der Waals surface area contributed by atoms with E-state index in [-0.39, 0.29) is 5.92 Å². The van der Waals surface area contributed by atoms with Crippen LogP contribution in [0.25, 0.3) is 0 Å². The van der Waals surface area contributed by atoms with Crippen molar-refractivity contribution in [3.05, 3.63) is 0 Å². The van der Waals surface area contributed by atoms with Crippen molar-refractivity contribution in [3.63, 3.8) is 0 Å². The van der Waals surface area contributed by atoms with Gasteiger partial charge in [0.2, 0.25) is 0 Å². The highest BCUT2D eigenvalue weighted by Gasteiger charge is 2.10. The zero-order valence-corrected chi connectivity index (χ0v) is 9.70. The van der Waals surface area contributed by atoms with Gasteiger partial charge in [-0.25, -0.2) is 0 Å². The van der Waals surface area contributed by atoms with Gasteiger partial charge in [-0.1, -0.05) is 25.9 Å². The molecule has 0 radical (unpaired) electrons. The molecule has 4 nitrogen and oxygen atoms in total. The van der Waals surface area contributed by atoms with Crippen LogP contribution in [0.5, 0.6) is 0 Å². The van der Waals surface area contributed by atoms with Crippen LogP contribution in [0, 0.1) is 11.8 Å². The number of amidine groups is 1. The minimum Gasteiger partial charge on any atom is -0.409 e. The highest BCUT2D eigenvalue weighted by Crippen LogP contribution is 2.03. The average molecular weight is 201 g/mol. The summed E-state index contributed by atoms with van der Waals surface area (Å²) in [4.78, 5) is 2.21. The van der Waals surface area contributed by atoms with Crippen LogP contribution >= 0.6 is 0 Å². The summed E-state index contributed by atoms with van der Waals surface area (Å²) in [6.45, 7) is 8.27. The lowest BCUT2D eigenvalue weighted by molar-refractivity contribution is 0.283. The Hall–Kier alpha value is -0.770. The molecule has 0 aliphatic carbocycles. The van der Waals surface area contributed by atoms with E-state index in [0.29, 0.717) is 5.84 Å². The maximum absolute atomic E-state index is 8.48. The minimum atomic E-state index is 0.108. The first kappa shape index (κ1) is 13.2. The number of rotatable bonds is 6. The fourth-order valence-corrected chi connectivity index (χ4v) is 1.23. The second-order valence-corrected chi connectivity index (χ2v) is 4.37. The number of oxime groups is 1. The molecule has 1 atom stereocenters. The molecule has 0 saturated carbocycles. The van der Waals surface area contributed by atoms with Crippen molar-refractivity contribution in [2.45, 2.75) is 27.2 Å². The first-order valence-corrected chi connectivity index (χ1v) is 5.13. The molecule has 14 heavy (non-hydrogen) atoms. The Kier molecular flexibility index (Phi) is 6.28. The monoisotopic (exact) mass is 201 g/mol. The van der Waals surface area contributed by atoms with Crippen LogP contribution < -0.4 is 5.73 Å². The van der Waals surface area contributed by atoms with Gasteiger partial charge in [0, 0.05) is 12.5 Å². The molecule has 3 N–H and O–H groups in total. The molecule has 0 aromatic rings. The fourth-order valence-electron chi connectivity index (χ4n) is 1.23. The molecule has 0 saturated heterocycles. The predicted octanol–water partition coefficient (Wildman–Crippen LogP) is 1.35. The van der Waals surface area contributed by atoms with Crippen molar-refractivity contribution in [1.29, 1.82) is 0 Å². The molecule has 0 fully saturated rings. The third-order valence-electron chi connectivity index (χ3n) is 2.29. The van der Waals surface area contributed by atoms with Gasteiger partial charge in [0.1, 0.15) is 5.84 Å². The van der Waals surface area contributed by atoms with Crippen LogP contribution in [-0.2, 0) is 0 Å². The highest BCUT2D eigenvalue weighted by molar-refractivity contribution is 5.82. The number of hydrogen-bond donors (Lipinski definition) is 2.